The minimum absolute atomic E-state index is 0.0811. The number of benzene rings is 2. The van der Waals surface area contributed by atoms with Gasteiger partial charge in [-0.2, -0.15) is 4.98 Å². The lowest BCUT2D eigenvalue weighted by molar-refractivity contribution is 0.102. The van der Waals surface area contributed by atoms with Crippen molar-refractivity contribution in [3.8, 4) is 22.6 Å². The molecule has 1 fully saturated rings. The molecule has 5 rings (SSSR count). The Bertz CT molecular complexity index is 1310. The molecular formula is C26H27N5O3. The van der Waals surface area contributed by atoms with E-state index in [1.807, 2.05) is 42.6 Å². The summed E-state index contributed by atoms with van der Waals surface area (Å²) in [6.07, 6.45) is 5.66. The molecule has 2 N–H and O–H groups in total. The van der Waals surface area contributed by atoms with Gasteiger partial charge < -0.3 is 9.84 Å². The largest absolute Gasteiger partial charge is 0.504 e. The topological polar surface area (TPSA) is 92.0 Å². The van der Waals surface area contributed by atoms with Gasteiger partial charge in [-0.15, -0.1) is 5.10 Å². The summed E-state index contributed by atoms with van der Waals surface area (Å²) < 4.78 is 6.81. The van der Waals surface area contributed by atoms with Gasteiger partial charge in [-0.25, -0.2) is 4.52 Å². The Labute approximate surface area is 197 Å². The van der Waals surface area contributed by atoms with Crippen molar-refractivity contribution in [3.63, 3.8) is 0 Å². The van der Waals surface area contributed by atoms with Gasteiger partial charge >= 0.3 is 0 Å². The molecule has 0 bridgehead atoms. The van der Waals surface area contributed by atoms with Crippen LogP contribution in [-0.2, 0) is 6.54 Å². The van der Waals surface area contributed by atoms with Gasteiger partial charge in [0.2, 0.25) is 5.95 Å². The number of phenolic OH excluding ortho intramolecular Hbond substituents is 1. The summed E-state index contributed by atoms with van der Waals surface area (Å²) in [7, 11) is 1.51. The van der Waals surface area contributed by atoms with E-state index < -0.39 is 0 Å². The van der Waals surface area contributed by atoms with E-state index >= 15 is 0 Å². The second kappa shape index (κ2) is 9.52. The third kappa shape index (κ3) is 4.72. The molecule has 1 amide bonds. The quantitative estimate of drug-likeness (QED) is 0.447. The van der Waals surface area contributed by atoms with Crippen molar-refractivity contribution in [3.05, 3.63) is 71.9 Å². The molecule has 0 unspecified atom stereocenters. The maximum absolute atomic E-state index is 12.7. The number of phenols is 1. The fourth-order valence-electron chi connectivity index (χ4n) is 4.27. The second-order valence-corrected chi connectivity index (χ2v) is 8.53. The fourth-order valence-corrected chi connectivity index (χ4v) is 4.27. The molecule has 2 aromatic heterocycles. The Morgan fingerprint density at radius 1 is 1.03 bits per heavy atom. The molecular weight excluding hydrogens is 430 g/mol. The summed E-state index contributed by atoms with van der Waals surface area (Å²) in [5.74, 6) is 0.468. The first kappa shape index (κ1) is 21.9. The Morgan fingerprint density at radius 3 is 2.56 bits per heavy atom. The van der Waals surface area contributed by atoms with E-state index in [1.54, 1.807) is 22.7 Å². The highest BCUT2D eigenvalue weighted by Crippen LogP contribution is 2.31. The van der Waals surface area contributed by atoms with Gasteiger partial charge in [0.25, 0.3) is 5.91 Å². The number of hydrogen-bond donors (Lipinski definition) is 2. The average molecular weight is 458 g/mol. The van der Waals surface area contributed by atoms with Gasteiger partial charge in [0.05, 0.1) is 7.11 Å². The number of anilines is 1. The van der Waals surface area contributed by atoms with Crippen LogP contribution in [0.25, 0.3) is 16.8 Å². The standard InChI is InChI=1S/C26H27N5O3/c1-34-23-15-20(9-11-22(23)32)21-10-12-24-27-26(29-31(24)17-21)28-25(33)19-7-5-18(6-8-19)16-30-13-3-2-4-14-30/h5-12,15,17,32H,2-4,13-14,16H2,1H3,(H,28,29,33). The van der Waals surface area contributed by atoms with Gasteiger partial charge in [-0.1, -0.05) is 24.6 Å². The molecule has 1 aliphatic heterocycles. The Morgan fingerprint density at radius 2 is 1.79 bits per heavy atom. The normalized spacial score (nSPS) is 14.3. The molecule has 0 atom stereocenters. The van der Waals surface area contributed by atoms with Crippen molar-refractivity contribution in [2.24, 2.45) is 0 Å². The number of piperidine rings is 1. The third-order valence-electron chi connectivity index (χ3n) is 6.14. The number of nitrogens with one attached hydrogen (secondary N) is 1. The van der Waals surface area contributed by atoms with Crippen molar-refractivity contribution in [2.45, 2.75) is 25.8 Å². The maximum atomic E-state index is 12.7. The zero-order valence-corrected chi connectivity index (χ0v) is 19.1. The number of nitrogens with zero attached hydrogens (tertiary/aromatic N) is 4. The average Bonchev–Trinajstić information content (AvgIpc) is 3.27. The van der Waals surface area contributed by atoms with Crippen molar-refractivity contribution < 1.29 is 14.6 Å². The molecule has 3 heterocycles. The fraction of sp³-hybridized carbons (Fsp3) is 0.269. The van der Waals surface area contributed by atoms with Crippen LogP contribution in [-0.4, -0.2) is 50.7 Å². The minimum atomic E-state index is -0.246. The van der Waals surface area contributed by atoms with Gasteiger partial charge in [0.15, 0.2) is 17.1 Å². The van der Waals surface area contributed by atoms with E-state index in [0.717, 1.165) is 30.8 Å². The monoisotopic (exact) mass is 457 g/mol. The highest BCUT2D eigenvalue weighted by atomic mass is 16.5. The molecule has 34 heavy (non-hydrogen) atoms. The number of hydrogen-bond acceptors (Lipinski definition) is 6. The van der Waals surface area contributed by atoms with E-state index in [2.05, 4.69) is 20.3 Å². The first-order valence-electron chi connectivity index (χ1n) is 11.5. The summed E-state index contributed by atoms with van der Waals surface area (Å²) >= 11 is 0. The van der Waals surface area contributed by atoms with Crippen molar-refractivity contribution in [1.29, 1.82) is 0 Å². The molecule has 1 aliphatic rings. The number of ether oxygens (including phenoxy) is 1. The number of methoxy groups -OCH3 is 1. The molecule has 0 aliphatic carbocycles. The van der Waals surface area contributed by atoms with Gasteiger partial charge in [-0.3, -0.25) is 15.0 Å². The molecule has 8 heteroatoms. The summed E-state index contributed by atoms with van der Waals surface area (Å²) in [6.45, 7) is 3.21. The molecule has 0 saturated carbocycles. The molecule has 0 spiro atoms. The van der Waals surface area contributed by atoms with E-state index in [4.69, 9.17) is 4.74 Å². The number of rotatable bonds is 6. The maximum Gasteiger partial charge on any atom is 0.258 e. The number of likely N-dealkylation sites (tertiary alicyclic amines) is 1. The zero-order valence-electron chi connectivity index (χ0n) is 19.1. The molecule has 8 nitrogen and oxygen atoms in total. The van der Waals surface area contributed by atoms with Gasteiger partial charge in [-0.05, 0) is 73.5 Å². The summed E-state index contributed by atoms with van der Waals surface area (Å²) in [5.41, 5.74) is 4.13. The summed E-state index contributed by atoms with van der Waals surface area (Å²) in [4.78, 5) is 19.6. The van der Waals surface area contributed by atoms with Gasteiger partial charge in [0.1, 0.15) is 0 Å². The first-order valence-corrected chi connectivity index (χ1v) is 11.5. The lowest BCUT2D eigenvalue weighted by Crippen LogP contribution is -2.29. The number of pyridine rings is 1. The van der Waals surface area contributed by atoms with Crippen molar-refractivity contribution >= 4 is 17.5 Å². The second-order valence-electron chi connectivity index (χ2n) is 8.53. The van der Waals surface area contributed by atoms with Crippen LogP contribution < -0.4 is 10.1 Å². The van der Waals surface area contributed by atoms with E-state index in [0.29, 0.717) is 17.0 Å². The van der Waals surface area contributed by atoms with Crippen LogP contribution in [0, 0.1) is 0 Å². The van der Waals surface area contributed by atoms with Crippen LogP contribution in [0.5, 0.6) is 11.5 Å². The Balaban J connectivity index is 1.28. The van der Waals surface area contributed by atoms with Crippen LogP contribution >= 0.6 is 0 Å². The number of amides is 1. The van der Waals surface area contributed by atoms with Crippen LogP contribution in [0.2, 0.25) is 0 Å². The number of fused-ring (bicyclic) bond motifs is 1. The predicted octanol–water partition coefficient (Wildman–Crippen LogP) is 4.35. The van der Waals surface area contributed by atoms with Crippen LogP contribution in [0.1, 0.15) is 35.2 Å². The SMILES string of the molecule is COc1cc(-c2ccc3nc(NC(=O)c4ccc(CN5CCCCC5)cc4)nn3c2)ccc1O. The van der Waals surface area contributed by atoms with Crippen molar-refractivity contribution in [2.75, 3.05) is 25.5 Å². The number of carbonyl (C=O) groups is 1. The lowest BCUT2D eigenvalue weighted by Gasteiger charge is -2.26. The third-order valence-corrected chi connectivity index (χ3v) is 6.14. The van der Waals surface area contributed by atoms with Crippen LogP contribution in [0.4, 0.5) is 5.95 Å². The van der Waals surface area contributed by atoms with Gasteiger partial charge in [0, 0.05) is 23.9 Å². The Kier molecular flexibility index (Phi) is 6.14. The molecule has 1 saturated heterocycles. The highest BCUT2D eigenvalue weighted by molar-refractivity contribution is 6.03. The van der Waals surface area contributed by atoms with Crippen molar-refractivity contribution in [1.82, 2.24) is 19.5 Å². The molecule has 2 aromatic carbocycles. The predicted molar refractivity (Wildman–Crippen MR) is 130 cm³/mol. The van der Waals surface area contributed by atoms with Crippen LogP contribution in [0.15, 0.2) is 60.8 Å². The number of aromatic hydroxyl groups is 1. The summed E-state index contributed by atoms with van der Waals surface area (Å²) in [5, 5.41) is 17.0. The molecule has 4 aromatic rings. The van der Waals surface area contributed by atoms with Crippen LogP contribution in [0.3, 0.4) is 0 Å². The Hall–Kier alpha value is -3.91. The van der Waals surface area contributed by atoms with E-state index in [1.165, 1.54) is 31.9 Å². The molecule has 174 valence electrons. The number of carbonyl (C=O) groups excluding carboxylic acids is 1. The highest BCUT2D eigenvalue weighted by Gasteiger charge is 2.13. The zero-order chi connectivity index (χ0) is 23.5. The smallest absolute Gasteiger partial charge is 0.258 e. The lowest BCUT2D eigenvalue weighted by atomic mass is 10.1. The minimum Gasteiger partial charge on any atom is -0.504 e. The first-order chi connectivity index (χ1) is 16.6. The summed E-state index contributed by atoms with van der Waals surface area (Å²) in [6, 6.07) is 16.6. The molecule has 0 radical (unpaired) electrons. The van der Waals surface area contributed by atoms with E-state index in [9.17, 15) is 9.90 Å². The van der Waals surface area contributed by atoms with E-state index in [-0.39, 0.29) is 17.6 Å². The number of aromatic nitrogens is 3.